The van der Waals surface area contributed by atoms with Crippen LogP contribution in [0, 0.1) is 0 Å². The maximum Gasteiger partial charge on any atom is 0.158 e. The molecule has 3 nitrogen and oxygen atoms in total. The Bertz CT molecular complexity index is 194. The fourth-order valence-electron chi connectivity index (χ4n) is 1.94. The van der Waals surface area contributed by atoms with E-state index in [1.54, 1.807) is 6.08 Å². The van der Waals surface area contributed by atoms with Gasteiger partial charge in [0.05, 0.1) is 19.8 Å². The van der Waals surface area contributed by atoms with Gasteiger partial charge in [0.1, 0.15) is 6.10 Å². The van der Waals surface area contributed by atoms with Crippen LogP contribution in [0.4, 0.5) is 0 Å². The zero-order valence-electron chi connectivity index (χ0n) is 11.0. The van der Waals surface area contributed by atoms with Crippen molar-refractivity contribution in [3.63, 3.8) is 0 Å². The minimum Gasteiger partial charge on any atom is -0.375 e. The molecule has 1 fully saturated rings. The summed E-state index contributed by atoms with van der Waals surface area (Å²) in [6, 6.07) is 0. The average Bonchev–Trinajstić information content (AvgIpc) is 2.77. The second-order valence-corrected chi connectivity index (χ2v) is 4.55. The Morgan fingerprint density at radius 3 is 2.88 bits per heavy atom. The molecule has 0 saturated carbocycles. The van der Waals surface area contributed by atoms with Gasteiger partial charge in [-0.2, -0.15) is 0 Å². The van der Waals surface area contributed by atoms with Gasteiger partial charge < -0.3 is 14.2 Å². The van der Waals surface area contributed by atoms with Crippen molar-refractivity contribution in [2.75, 3.05) is 19.8 Å². The van der Waals surface area contributed by atoms with Crippen LogP contribution in [0.3, 0.4) is 0 Å². The summed E-state index contributed by atoms with van der Waals surface area (Å²) in [5.74, 6) is 0. The predicted octanol–water partition coefficient (Wildman–Crippen LogP) is 3.29. The number of rotatable bonds is 10. The van der Waals surface area contributed by atoms with Crippen LogP contribution in [0.25, 0.3) is 0 Å². The first-order valence-corrected chi connectivity index (χ1v) is 6.82. The van der Waals surface area contributed by atoms with Crippen LogP contribution >= 0.6 is 0 Å². The molecule has 0 spiro atoms. The largest absolute Gasteiger partial charge is 0.375 e. The number of hydrogen-bond acceptors (Lipinski definition) is 3. The molecule has 0 bridgehead atoms. The van der Waals surface area contributed by atoms with Gasteiger partial charge in [-0.25, -0.2) is 0 Å². The molecule has 2 atom stereocenters. The Labute approximate surface area is 105 Å². The molecule has 0 N–H and O–H groups in total. The van der Waals surface area contributed by atoms with Crippen LogP contribution in [-0.2, 0) is 14.2 Å². The van der Waals surface area contributed by atoms with E-state index in [1.165, 1.54) is 32.1 Å². The minimum atomic E-state index is -0.00559. The monoisotopic (exact) mass is 242 g/mol. The van der Waals surface area contributed by atoms with Crippen LogP contribution in [0.15, 0.2) is 12.7 Å². The standard InChI is InChI=1S/C14H26O3/c1-3-5-6-7-8-9-14-16-12-13(17-14)11-15-10-4-2/h4,13-14H,2-3,5-12H2,1H3/t13-,14-/m1/s1. The van der Waals surface area contributed by atoms with Gasteiger partial charge in [0.15, 0.2) is 6.29 Å². The molecular formula is C14H26O3. The molecule has 3 heteroatoms. The van der Waals surface area contributed by atoms with Crippen molar-refractivity contribution in [2.24, 2.45) is 0 Å². The van der Waals surface area contributed by atoms with Crippen LogP contribution in [0.5, 0.6) is 0 Å². The van der Waals surface area contributed by atoms with Gasteiger partial charge in [-0.05, 0) is 12.8 Å². The molecule has 0 radical (unpaired) electrons. The molecule has 1 heterocycles. The highest BCUT2D eigenvalue weighted by Gasteiger charge is 2.25. The summed E-state index contributed by atoms with van der Waals surface area (Å²) in [7, 11) is 0. The zero-order valence-corrected chi connectivity index (χ0v) is 11.0. The normalized spacial score (nSPS) is 24.1. The molecule has 0 aromatic carbocycles. The van der Waals surface area contributed by atoms with E-state index in [4.69, 9.17) is 14.2 Å². The summed E-state index contributed by atoms with van der Waals surface area (Å²) in [6.45, 7) is 7.70. The molecule has 1 saturated heterocycles. The van der Waals surface area contributed by atoms with E-state index in [9.17, 15) is 0 Å². The third-order valence-corrected chi connectivity index (χ3v) is 2.90. The second kappa shape index (κ2) is 9.63. The third-order valence-electron chi connectivity index (χ3n) is 2.90. The zero-order chi connectivity index (χ0) is 12.3. The maximum absolute atomic E-state index is 5.73. The molecule has 0 aromatic heterocycles. The van der Waals surface area contributed by atoms with Crippen molar-refractivity contribution >= 4 is 0 Å². The molecule has 0 unspecified atom stereocenters. The highest BCUT2D eigenvalue weighted by atomic mass is 16.7. The Kier molecular flexibility index (Phi) is 8.32. The average molecular weight is 242 g/mol. The molecule has 1 aliphatic rings. The van der Waals surface area contributed by atoms with Crippen molar-refractivity contribution in [3.05, 3.63) is 12.7 Å². The summed E-state index contributed by atoms with van der Waals surface area (Å²) >= 11 is 0. The molecule has 0 amide bonds. The molecule has 100 valence electrons. The Morgan fingerprint density at radius 2 is 2.12 bits per heavy atom. The first-order chi connectivity index (χ1) is 8.36. The SMILES string of the molecule is C=CCOC[C@@H]1CO[C@@H](CCCCCCC)O1. The van der Waals surface area contributed by atoms with Crippen LogP contribution in [0.2, 0.25) is 0 Å². The lowest BCUT2D eigenvalue weighted by molar-refractivity contribution is -0.0745. The van der Waals surface area contributed by atoms with E-state index >= 15 is 0 Å². The fourth-order valence-corrected chi connectivity index (χ4v) is 1.94. The number of unbranched alkanes of at least 4 members (excludes halogenated alkanes) is 4. The fraction of sp³-hybridized carbons (Fsp3) is 0.857. The Balaban J connectivity index is 1.95. The topological polar surface area (TPSA) is 27.7 Å². The van der Waals surface area contributed by atoms with Gasteiger partial charge in [-0.3, -0.25) is 0 Å². The van der Waals surface area contributed by atoms with E-state index in [0.717, 1.165) is 6.42 Å². The smallest absolute Gasteiger partial charge is 0.158 e. The van der Waals surface area contributed by atoms with Crippen molar-refractivity contribution in [2.45, 2.75) is 57.8 Å². The van der Waals surface area contributed by atoms with Gasteiger partial charge in [0.25, 0.3) is 0 Å². The molecule has 1 rings (SSSR count). The van der Waals surface area contributed by atoms with Crippen molar-refractivity contribution in [1.82, 2.24) is 0 Å². The van der Waals surface area contributed by atoms with E-state index in [-0.39, 0.29) is 12.4 Å². The molecule has 1 aliphatic heterocycles. The van der Waals surface area contributed by atoms with E-state index in [1.807, 2.05) is 0 Å². The molecule has 0 aliphatic carbocycles. The van der Waals surface area contributed by atoms with E-state index in [2.05, 4.69) is 13.5 Å². The Hall–Kier alpha value is -0.380. The van der Waals surface area contributed by atoms with Crippen LogP contribution in [0.1, 0.15) is 45.4 Å². The first kappa shape index (κ1) is 14.7. The lowest BCUT2D eigenvalue weighted by Gasteiger charge is -2.11. The Morgan fingerprint density at radius 1 is 1.29 bits per heavy atom. The summed E-state index contributed by atoms with van der Waals surface area (Å²) in [5, 5.41) is 0. The van der Waals surface area contributed by atoms with Gasteiger partial charge in [-0.15, -0.1) is 6.58 Å². The third kappa shape index (κ3) is 6.81. The summed E-state index contributed by atoms with van der Waals surface area (Å²) in [5.41, 5.74) is 0. The van der Waals surface area contributed by atoms with E-state index in [0.29, 0.717) is 19.8 Å². The lowest BCUT2D eigenvalue weighted by atomic mass is 10.1. The van der Waals surface area contributed by atoms with Gasteiger partial charge in [0, 0.05) is 0 Å². The maximum atomic E-state index is 5.73. The highest BCUT2D eigenvalue weighted by molar-refractivity contribution is 4.68. The van der Waals surface area contributed by atoms with Gasteiger partial charge in [0.2, 0.25) is 0 Å². The first-order valence-electron chi connectivity index (χ1n) is 6.82. The molecular weight excluding hydrogens is 216 g/mol. The van der Waals surface area contributed by atoms with Crippen LogP contribution < -0.4 is 0 Å². The van der Waals surface area contributed by atoms with Crippen molar-refractivity contribution in [3.8, 4) is 0 Å². The van der Waals surface area contributed by atoms with Crippen molar-refractivity contribution in [1.29, 1.82) is 0 Å². The molecule has 17 heavy (non-hydrogen) atoms. The van der Waals surface area contributed by atoms with Gasteiger partial charge in [-0.1, -0.05) is 38.7 Å². The van der Waals surface area contributed by atoms with Crippen molar-refractivity contribution < 1.29 is 14.2 Å². The number of ether oxygens (including phenoxy) is 3. The van der Waals surface area contributed by atoms with E-state index < -0.39 is 0 Å². The summed E-state index contributed by atoms with van der Waals surface area (Å²) < 4.78 is 16.7. The highest BCUT2D eigenvalue weighted by Crippen LogP contribution is 2.18. The quantitative estimate of drug-likeness (QED) is 0.434. The second-order valence-electron chi connectivity index (χ2n) is 4.55. The predicted molar refractivity (Wildman–Crippen MR) is 69.0 cm³/mol. The molecule has 0 aromatic rings. The number of hydrogen-bond donors (Lipinski definition) is 0. The summed E-state index contributed by atoms with van der Waals surface area (Å²) in [4.78, 5) is 0. The lowest BCUT2D eigenvalue weighted by Crippen LogP contribution is -2.19. The summed E-state index contributed by atoms with van der Waals surface area (Å²) in [6.07, 6.45) is 9.31. The van der Waals surface area contributed by atoms with Gasteiger partial charge >= 0.3 is 0 Å². The minimum absolute atomic E-state index is 0.00559. The van der Waals surface area contributed by atoms with Crippen LogP contribution in [-0.4, -0.2) is 32.2 Å².